The van der Waals surface area contributed by atoms with E-state index >= 15 is 0 Å². The number of halogens is 1. The molecule has 1 heterocycles. The summed E-state index contributed by atoms with van der Waals surface area (Å²) in [5.41, 5.74) is 0.920. The quantitative estimate of drug-likeness (QED) is 0.859. The predicted molar refractivity (Wildman–Crippen MR) is 68.6 cm³/mol. The lowest BCUT2D eigenvalue weighted by molar-refractivity contribution is -0.122. The Kier molecular flexibility index (Phi) is 4.31. The summed E-state index contributed by atoms with van der Waals surface area (Å²) in [4.78, 5) is 11.8. The Bertz CT molecular complexity index is 399. The fourth-order valence-corrected chi connectivity index (χ4v) is 2.29. The van der Waals surface area contributed by atoms with Crippen molar-refractivity contribution >= 4 is 5.91 Å². The van der Waals surface area contributed by atoms with Crippen LogP contribution in [0.5, 0.6) is 0 Å². The van der Waals surface area contributed by atoms with Crippen LogP contribution in [-0.2, 0) is 4.79 Å². The van der Waals surface area contributed by atoms with E-state index in [1.54, 1.807) is 12.1 Å². The normalized spacial score (nSPS) is 20.7. The summed E-state index contributed by atoms with van der Waals surface area (Å²) in [5.74, 6) is -0.210. The Morgan fingerprint density at radius 1 is 1.50 bits per heavy atom. The number of hydrogen-bond acceptors (Lipinski definition) is 2. The first-order chi connectivity index (χ1) is 8.65. The van der Waals surface area contributed by atoms with Crippen molar-refractivity contribution in [2.45, 2.75) is 38.3 Å². The van der Waals surface area contributed by atoms with E-state index in [2.05, 4.69) is 10.6 Å². The summed E-state index contributed by atoms with van der Waals surface area (Å²) in [6.07, 6.45) is 2.73. The summed E-state index contributed by atoms with van der Waals surface area (Å²) >= 11 is 0. The Labute approximate surface area is 107 Å². The highest BCUT2D eigenvalue weighted by Crippen LogP contribution is 2.14. The summed E-state index contributed by atoms with van der Waals surface area (Å²) in [5, 5.41) is 6.24. The number of nitrogens with one attached hydrogen (secondary N) is 2. The molecule has 0 bridgehead atoms. The zero-order valence-electron chi connectivity index (χ0n) is 10.6. The van der Waals surface area contributed by atoms with Crippen LogP contribution in [0.25, 0.3) is 0 Å². The van der Waals surface area contributed by atoms with Crippen molar-refractivity contribution in [2.75, 3.05) is 6.54 Å². The Morgan fingerprint density at radius 2 is 2.22 bits per heavy atom. The molecule has 18 heavy (non-hydrogen) atoms. The molecule has 1 aliphatic heterocycles. The summed E-state index contributed by atoms with van der Waals surface area (Å²) in [6.45, 7) is 2.92. The molecule has 2 N–H and O–H groups in total. The fourth-order valence-electron chi connectivity index (χ4n) is 2.29. The molecule has 1 aliphatic rings. The number of hydrogen-bond donors (Lipinski definition) is 2. The topological polar surface area (TPSA) is 41.1 Å². The maximum atomic E-state index is 12.8. The molecular weight excluding hydrogens is 231 g/mol. The minimum atomic E-state index is -0.257. The lowest BCUT2D eigenvalue weighted by Gasteiger charge is -2.16. The van der Waals surface area contributed by atoms with Gasteiger partial charge < -0.3 is 10.6 Å². The monoisotopic (exact) mass is 250 g/mol. The largest absolute Gasteiger partial charge is 0.350 e. The van der Waals surface area contributed by atoms with Crippen molar-refractivity contribution < 1.29 is 9.18 Å². The van der Waals surface area contributed by atoms with Crippen LogP contribution >= 0.6 is 0 Å². The van der Waals surface area contributed by atoms with Gasteiger partial charge in [-0.1, -0.05) is 12.1 Å². The number of benzene rings is 1. The molecule has 0 aliphatic carbocycles. The van der Waals surface area contributed by atoms with Gasteiger partial charge in [-0.15, -0.1) is 0 Å². The molecule has 1 saturated heterocycles. The molecule has 1 amide bonds. The molecule has 1 aromatic carbocycles. The van der Waals surface area contributed by atoms with E-state index in [9.17, 15) is 9.18 Å². The lowest BCUT2D eigenvalue weighted by Crippen LogP contribution is -2.33. The second kappa shape index (κ2) is 5.96. The third kappa shape index (κ3) is 3.53. The molecule has 0 aromatic heterocycles. The zero-order valence-corrected chi connectivity index (χ0v) is 10.6. The van der Waals surface area contributed by atoms with Gasteiger partial charge in [-0.2, -0.15) is 0 Å². The van der Waals surface area contributed by atoms with Crippen molar-refractivity contribution in [1.29, 1.82) is 0 Å². The van der Waals surface area contributed by atoms with Gasteiger partial charge in [-0.3, -0.25) is 4.79 Å². The van der Waals surface area contributed by atoms with E-state index in [0.717, 1.165) is 24.9 Å². The number of carbonyl (C=O) groups is 1. The van der Waals surface area contributed by atoms with Crippen LogP contribution in [0, 0.1) is 5.82 Å². The molecular formula is C14H19FN2O. The molecule has 2 atom stereocenters. The van der Waals surface area contributed by atoms with Crippen molar-refractivity contribution in [3.8, 4) is 0 Å². The van der Waals surface area contributed by atoms with E-state index in [-0.39, 0.29) is 17.8 Å². The van der Waals surface area contributed by atoms with Gasteiger partial charge in [-0.05, 0) is 44.0 Å². The average Bonchev–Trinajstić information content (AvgIpc) is 2.82. The van der Waals surface area contributed by atoms with Crippen LogP contribution in [0.15, 0.2) is 24.3 Å². The second-order valence-corrected chi connectivity index (χ2v) is 4.84. The van der Waals surface area contributed by atoms with E-state index in [1.165, 1.54) is 12.1 Å². The molecule has 0 saturated carbocycles. The fraction of sp³-hybridized carbons (Fsp3) is 0.500. The van der Waals surface area contributed by atoms with E-state index in [4.69, 9.17) is 0 Å². The average molecular weight is 250 g/mol. The summed E-state index contributed by atoms with van der Waals surface area (Å²) in [6, 6.07) is 6.46. The third-order valence-electron chi connectivity index (χ3n) is 3.34. The van der Waals surface area contributed by atoms with E-state index < -0.39 is 0 Å². The summed E-state index contributed by atoms with van der Waals surface area (Å²) in [7, 11) is 0. The van der Waals surface area contributed by atoms with Crippen molar-refractivity contribution in [3.63, 3.8) is 0 Å². The van der Waals surface area contributed by atoms with Gasteiger partial charge in [0.2, 0.25) is 5.91 Å². The number of amides is 1. The van der Waals surface area contributed by atoms with Gasteiger partial charge in [0, 0.05) is 12.5 Å². The minimum Gasteiger partial charge on any atom is -0.350 e. The lowest BCUT2D eigenvalue weighted by atomic mass is 10.1. The number of rotatable bonds is 4. The smallest absolute Gasteiger partial charge is 0.222 e. The first kappa shape index (κ1) is 13.0. The van der Waals surface area contributed by atoms with Crippen molar-refractivity contribution in [2.24, 2.45) is 0 Å². The molecule has 0 radical (unpaired) electrons. The summed E-state index contributed by atoms with van der Waals surface area (Å²) < 4.78 is 12.8. The van der Waals surface area contributed by atoms with Crippen LogP contribution in [-0.4, -0.2) is 18.5 Å². The van der Waals surface area contributed by atoms with Crippen LogP contribution in [0.3, 0.4) is 0 Å². The van der Waals surface area contributed by atoms with Gasteiger partial charge in [0.25, 0.3) is 0 Å². The molecule has 3 nitrogen and oxygen atoms in total. The predicted octanol–water partition coefficient (Wildman–Crippen LogP) is 2.14. The molecule has 4 heteroatoms. The minimum absolute atomic E-state index is 0.0474. The Morgan fingerprint density at radius 3 is 2.83 bits per heavy atom. The zero-order chi connectivity index (χ0) is 13.0. The first-order valence-electron chi connectivity index (χ1n) is 6.43. The van der Waals surface area contributed by atoms with E-state index in [1.807, 2.05) is 6.92 Å². The van der Waals surface area contributed by atoms with Crippen LogP contribution in [0.2, 0.25) is 0 Å². The highest BCUT2D eigenvalue weighted by atomic mass is 19.1. The van der Waals surface area contributed by atoms with Gasteiger partial charge >= 0.3 is 0 Å². The Hall–Kier alpha value is -1.42. The SMILES string of the molecule is CC(NC(=O)CC1CCCN1)c1ccc(F)cc1. The van der Waals surface area contributed by atoms with Crippen molar-refractivity contribution in [3.05, 3.63) is 35.6 Å². The molecule has 1 fully saturated rings. The van der Waals surface area contributed by atoms with Crippen LogP contribution in [0.1, 0.15) is 37.8 Å². The second-order valence-electron chi connectivity index (χ2n) is 4.84. The molecule has 98 valence electrons. The highest BCUT2D eigenvalue weighted by molar-refractivity contribution is 5.77. The van der Waals surface area contributed by atoms with Gasteiger partial charge in [0.1, 0.15) is 5.82 Å². The standard InChI is InChI=1S/C14H19FN2O/c1-10(11-4-6-12(15)7-5-11)17-14(18)9-13-3-2-8-16-13/h4-7,10,13,16H,2-3,8-9H2,1H3,(H,17,18). The molecule has 0 spiro atoms. The maximum absolute atomic E-state index is 12.8. The Balaban J connectivity index is 1.84. The molecule has 2 rings (SSSR count). The van der Waals surface area contributed by atoms with Crippen LogP contribution < -0.4 is 10.6 Å². The van der Waals surface area contributed by atoms with Crippen LogP contribution in [0.4, 0.5) is 4.39 Å². The van der Waals surface area contributed by atoms with Gasteiger partial charge in [0.05, 0.1) is 6.04 Å². The van der Waals surface area contributed by atoms with Crippen molar-refractivity contribution in [1.82, 2.24) is 10.6 Å². The third-order valence-corrected chi connectivity index (χ3v) is 3.34. The first-order valence-corrected chi connectivity index (χ1v) is 6.43. The highest BCUT2D eigenvalue weighted by Gasteiger charge is 2.18. The number of carbonyl (C=O) groups excluding carboxylic acids is 1. The molecule has 2 unspecified atom stereocenters. The maximum Gasteiger partial charge on any atom is 0.222 e. The van der Waals surface area contributed by atoms with Gasteiger partial charge in [0.15, 0.2) is 0 Å². The molecule has 1 aromatic rings. The van der Waals surface area contributed by atoms with Gasteiger partial charge in [-0.25, -0.2) is 4.39 Å². The van der Waals surface area contributed by atoms with E-state index in [0.29, 0.717) is 12.5 Å².